The van der Waals surface area contributed by atoms with E-state index >= 15 is 0 Å². The molecule has 5 N–H and O–H groups in total. The summed E-state index contributed by atoms with van der Waals surface area (Å²) in [6, 6.07) is 3.78. The average molecular weight is 312 g/mol. The second-order valence-electron chi connectivity index (χ2n) is 4.61. The van der Waals surface area contributed by atoms with Crippen LogP contribution in [0, 0.1) is 0 Å². The van der Waals surface area contributed by atoms with Gasteiger partial charge >= 0.3 is 11.9 Å². The highest BCUT2D eigenvalue weighted by Gasteiger charge is 2.44. The van der Waals surface area contributed by atoms with Crippen molar-refractivity contribution >= 4 is 18.0 Å². The first-order valence-electron chi connectivity index (χ1n) is 6.16. The van der Waals surface area contributed by atoms with E-state index in [2.05, 4.69) is 4.74 Å². The molecule has 8 heteroatoms. The third-order valence-corrected chi connectivity index (χ3v) is 2.96. The number of carboxylic acids is 1. The van der Waals surface area contributed by atoms with Crippen LogP contribution in [0.2, 0.25) is 0 Å². The van der Waals surface area contributed by atoms with Crippen LogP contribution in [0.3, 0.4) is 0 Å². The number of aromatic hydroxyl groups is 2. The molecule has 0 radical (unpaired) electrons. The fourth-order valence-electron chi connectivity index (χ4n) is 1.48. The lowest BCUT2D eigenvalue weighted by molar-refractivity contribution is -0.189. The fourth-order valence-corrected chi connectivity index (χ4v) is 1.48. The van der Waals surface area contributed by atoms with Gasteiger partial charge in [0.15, 0.2) is 11.5 Å². The van der Waals surface area contributed by atoms with Crippen molar-refractivity contribution in [2.75, 3.05) is 6.61 Å². The van der Waals surface area contributed by atoms with Crippen LogP contribution in [0.4, 0.5) is 0 Å². The summed E-state index contributed by atoms with van der Waals surface area (Å²) in [7, 11) is 0. The summed E-state index contributed by atoms with van der Waals surface area (Å²) < 4.78 is 4.68. The molecule has 0 aromatic heterocycles. The summed E-state index contributed by atoms with van der Waals surface area (Å²) in [4.78, 5) is 22.7. The van der Waals surface area contributed by atoms with Gasteiger partial charge in [0.05, 0.1) is 6.61 Å². The average Bonchev–Trinajstić information content (AvgIpc) is 2.47. The number of phenols is 2. The van der Waals surface area contributed by atoms with E-state index in [1.807, 2.05) is 0 Å². The number of aliphatic carboxylic acids is 1. The van der Waals surface area contributed by atoms with Crippen LogP contribution in [0.15, 0.2) is 24.3 Å². The summed E-state index contributed by atoms with van der Waals surface area (Å²) in [5, 5.41) is 45.7. The van der Waals surface area contributed by atoms with E-state index in [1.165, 1.54) is 24.3 Å². The van der Waals surface area contributed by atoms with Crippen LogP contribution < -0.4 is 0 Å². The Morgan fingerprint density at radius 1 is 1.32 bits per heavy atom. The Morgan fingerprint density at radius 2 is 1.95 bits per heavy atom. The summed E-state index contributed by atoms with van der Waals surface area (Å²) in [5.74, 6) is -3.39. The molecule has 0 aliphatic heterocycles. The molecule has 2 atom stereocenters. The van der Waals surface area contributed by atoms with E-state index in [4.69, 9.17) is 15.3 Å². The Hall–Kier alpha value is -2.58. The smallest absolute Gasteiger partial charge is 0.350 e. The highest BCUT2D eigenvalue weighted by atomic mass is 16.6. The van der Waals surface area contributed by atoms with Crippen molar-refractivity contribution in [3.8, 4) is 11.5 Å². The second kappa shape index (κ2) is 6.92. The zero-order chi connectivity index (χ0) is 16.9. The third kappa shape index (κ3) is 3.96. The first-order chi connectivity index (χ1) is 10.2. The number of esters is 1. The van der Waals surface area contributed by atoms with Crippen molar-refractivity contribution < 1.29 is 39.9 Å². The maximum atomic E-state index is 11.6. The zero-order valence-electron chi connectivity index (χ0n) is 11.6. The quantitative estimate of drug-likeness (QED) is 0.277. The monoisotopic (exact) mass is 312 g/mol. The molecule has 0 spiro atoms. The standard InChI is InChI=1S/C14H16O8/c1-14(13(20)21,11(18)7-15)22-12(19)5-3-8-2-4-9(16)10(17)6-8/h2-6,11,15-18H,7H2,1H3,(H,20,21). The second-order valence-corrected chi connectivity index (χ2v) is 4.61. The van der Waals surface area contributed by atoms with Crippen molar-refractivity contribution in [3.05, 3.63) is 29.8 Å². The fraction of sp³-hybridized carbons (Fsp3) is 0.286. The molecule has 1 aromatic rings. The van der Waals surface area contributed by atoms with Gasteiger partial charge < -0.3 is 30.3 Å². The van der Waals surface area contributed by atoms with Gasteiger partial charge in [-0.3, -0.25) is 0 Å². The van der Waals surface area contributed by atoms with Gasteiger partial charge in [0.2, 0.25) is 5.60 Å². The van der Waals surface area contributed by atoms with Gasteiger partial charge in [0.25, 0.3) is 0 Å². The van der Waals surface area contributed by atoms with Crippen molar-refractivity contribution in [3.63, 3.8) is 0 Å². The molecule has 0 amide bonds. The molecule has 0 aliphatic carbocycles. The van der Waals surface area contributed by atoms with Crippen molar-refractivity contribution in [2.24, 2.45) is 0 Å². The minimum atomic E-state index is -2.30. The molecule has 22 heavy (non-hydrogen) atoms. The van der Waals surface area contributed by atoms with E-state index in [9.17, 15) is 19.8 Å². The molecule has 0 bridgehead atoms. The number of carboxylic acid groups (broad SMARTS) is 1. The molecule has 1 rings (SSSR count). The van der Waals surface area contributed by atoms with Crippen molar-refractivity contribution in [1.29, 1.82) is 0 Å². The number of aliphatic hydroxyl groups is 2. The highest BCUT2D eigenvalue weighted by Crippen LogP contribution is 2.25. The Balaban J connectivity index is 2.85. The van der Waals surface area contributed by atoms with Crippen molar-refractivity contribution in [2.45, 2.75) is 18.6 Å². The first-order valence-corrected chi connectivity index (χ1v) is 6.16. The number of rotatable bonds is 6. The normalized spacial score (nSPS) is 15.2. The summed E-state index contributed by atoms with van der Waals surface area (Å²) in [6.45, 7) is 0.0555. The zero-order valence-corrected chi connectivity index (χ0v) is 11.6. The molecular formula is C14H16O8. The van der Waals surface area contributed by atoms with E-state index in [0.29, 0.717) is 5.56 Å². The summed E-state index contributed by atoms with van der Waals surface area (Å²) >= 11 is 0. The lowest BCUT2D eigenvalue weighted by Crippen LogP contribution is -2.51. The number of carbonyl (C=O) groups is 2. The number of hydrogen-bond acceptors (Lipinski definition) is 7. The van der Waals surface area contributed by atoms with Gasteiger partial charge in [-0.25, -0.2) is 9.59 Å². The van der Waals surface area contributed by atoms with Gasteiger partial charge in [0.1, 0.15) is 6.10 Å². The summed E-state index contributed by atoms with van der Waals surface area (Å²) in [5.41, 5.74) is -1.94. The Bertz CT molecular complexity index is 595. The molecule has 0 saturated carbocycles. The van der Waals surface area contributed by atoms with Gasteiger partial charge in [-0.2, -0.15) is 0 Å². The minimum absolute atomic E-state index is 0.329. The van der Waals surface area contributed by atoms with Crippen LogP contribution in [0.1, 0.15) is 12.5 Å². The molecule has 0 fully saturated rings. The number of phenolic OH excluding ortho intramolecular Hbond substituents is 2. The number of carbonyl (C=O) groups excluding carboxylic acids is 1. The van der Waals surface area contributed by atoms with Crippen LogP contribution in [0.25, 0.3) is 6.08 Å². The maximum Gasteiger partial charge on any atom is 0.350 e. The number of ether oxygens (including phenoxy) is 1. The Morgan fingerprint density at radius 3 is 2.45 bits per heavy atom. The Kier molecular flexibility index (Phi) is 5.50. The topological polar surface area (TPSA) is 145 Å². The summed E-state index contributed by atoms with van der Waals surface area (Å²) in [6.07, 6.45) is 0.312. The molecule has 0 saturated heterocycles. The van der Waals surface area contributed by atoms with E-state index in [1.54, 1.807) is 0 Å². The third-order valence-electron chi connectivity index (χ3n) is 2.96. The predicted octanol–water partition coefficient (Wildman–Crippen LogP) is -0.149. The predicted molar refractivity (Wildman–Crippen MR) is 74.0 cm³/mol. The van der Waals surface area contributed by atoms with Crippen LogP contribution in [-0.4, -0.2) is 55.8 Å². The van der Waals surface area contributed by atoms with Crippen LogP contribution in [0.5, 0.6) is 11.5 Å². The highest BCUT2D eigenvalue weighted by molar-refractivity contribution is 5.90. The van der Waals surface area contributed by atoms with Gasteiger partial charge in [-0.15, -0.1) is 0 Å². The number of aliphatic hydroxyl groups excluding tert-OH is 2. The number of hydrogen-bond donors (Lipinski definition) is 5. The lowest BCUT2D eigenvalue weighted by atomic mass is 10.00. The minimum Gasteiger partial charge on any atom is -0.504 e. The van der Waals surface area contributed by atoms with Crippen LogP contribution in [-0.2, 0) is 14.3 Å². The molecule has 1 aromatic carbocycles. The van der Waals surface area contributed by atoms with Gasteiger partial charge in [0, 0.05) is 6.08 Å². The van der Waals surface area contributed by atoms with E-state index < -0.39 is 30.3 Å². The van der Waals surface area contributed by atoms with Gasteiger partial charge in [-0.1, -0.05) is 6.07 Å². The molecule has 2 unspecified atom stereocenters. The molecule has 0 aliphatic rings. The van der Waals surface area contributed by atoms with Crippen molar-refractivity contribution in [1.82, 2.24) is 0 Å². The largest absolute Gasteiger partial charge is 0.504 e. The van der Waals surface area contributed by atoms with Crippen LogP contribution >= 0.6 is 0 Å². The van der Waals surface area contributed by atoms with Gasteiger partial charge in [-0.05, 0) is 30.7 Å². The molecule has 8 nitrogen and oxygen atoms in total. The van der Waals surface area contributed by atoms with E-state index in [-0.39, 0.29) is 11.5 Å². The maximum absolute atomic E-state index is 11.6. The SMILES string of the molecule is CC(OC(=O)C=Cc1ccc(O)c(O)c1)(C(=O)O)C(O)CO. The molecular weight excluding hydrogens is 296 g/mol. The Labute approximate surface area is 125 Å². The number of benzene rings is 1. The molecule has 0 heterocycles. The lowest BCUT2D eigenvalue weighted by Gasteiger charge is -2.28. The van der Waals surface area contributed by atoms with E-state index in [0.717, 1.165) is 13.0 Å². The first kappa shape index (κ1) is 17.5. The molecule has 120 valence electrons.